The monoisotopic (exact) mass is 414 g/mol. The number of carbonyl (C=O) groups is 1. The Labute approximate surface area is 165 Å². The first-order chi connectivity index (χ1) is 13.4. The third kappa shape index (κ3) is 5.39. The van der Waals surface area contributed by atoms with E-state index < -0.39 is 12.7 Å². The number of rotatable bonds is 7. The van der Waals surface area contributed by atoms with Crippen LogP contribution in [0.3, 0.4) is 0 Å². The van der Waals surface area contributed by atoms with Crippen LogP contribution in [0.5, 0.6) is 11.5 Å². The van der Waals surface area contributed by atoms with Gasteiger partial charge in [0.25, 0.3) is 5.91 Å². The van der Waals surface area contributed by atoms with E-state index in [1.807, 2.05) is 24.3 Å². The Morgan fingerprint density at radius 1 is 1.18 bits per heavy atom. The first-order valence-electron chi connectivity index (χ1n) is 8.93. The van der Waals surface area contributed by atoms with E-state index in [9.17, 15) is 18.0 Å². The Kier molecular flexibility index (Phi) is 6.46. The van der Waals surface area contributed by atoms with Crippen LogP contribution in [-0.2, 0) is 0 Å². The van der Waals surface area contributed by atoms with Crippen molar-refractivity contribution >= 4 is 17.2 Å². The van der Waals surface area contributed by atoms with Gasteiger partial charge in [0.15, 0.2) is 11.5 Å². The van der Waals surface area contributed by atoms with Crippen LogP contribution in [0.15, 0.2) is 30.3 Å². The summed E-state index contributed by atoms with van der Waals surface area (Å²) in [5, 5.41) is 2.68. The topological polar surface area (TPSA) is 50.8 Å². The summed E-state index contributed by atoms with van der Waals surface area (Å²) in [5.41, 5.74) is 0.913. The van der Waals surface area contributed by atoms with Crippen molar-refractivity contribution in [3.05, 3.63) is 35.2 Å². The number of benzene rings is 1. The number of amides is 1. The van der Waals surface area contributed by atoms with Crippen molar-refractivity contribution in [2.45, 2.75) is 13.1 Å². The molecule has 1 aliphatic rings. The van der Waals surface area contributed by atoms with Crippen molar-refractivity contribution in [2.75, 3.05) is 39.4 Å². The normalized spacial score (nSPS) is 13.6. The molecule has 0 radical (unpaired) electrons. The Hall–Kier alpha value is -2.26. The number of likely N-dealkylation sites (N-methyl/N-ethyl adjacent to an activating group) is 1. The van der Waals surface area contributed by atoms with Crippen molar-refractivity contribution in [3.8, 4) is 21.9 Å². The van der Waals surface area contributed by atoms with Gasteiger partial charge in [-0.25, -0.2) is 0 Å². The molecule has 2 aromatic rings. The maximum absolute atomic E-state index is 12.5. The Morgan fingerprint density at radius 2 is 1.93 bits per heavy atom. The van der Waals surface area contributed by atoms with E-state index >= 15 is 0 Å². The molecule has 28 heavy (non-hydrogen) atoms. The van der Waals surface area contributed by atoms with Crippen LogP contribution >= 0.6 is 11.3 Å². The number of nitrogens with zero attached hydrogens (tertiary/aromatic N) is 1. The Balaban J connectivity index is 1.57. The van der Waals surface area contributed by atoms with Gasteiger partial charge in [-0.15, -0.1) is 11.3 Å². The predicted octanol–water partition coefficient (Wildman–Crippen LogP) is 3.80. The lowest BCUT2D eigenvalue weighted by atomic mass is 10.1. The molecule has 0 unspecified atom stereocenters. The molecule has 0 atom stereocenters. The number of ether oxygens (including phenoxy) is 2. The number of hydrogen-bond acceptors (Lipinski definition) is 5. The fourth-order valence-electron chi connectivity index (χ4n) is 2.83. The predicted molar refractivity (Wildman–Crippen MR) is 101 cm³/mol. The highest BCUT2D eigenvalue weighted by molar-refractivity contribution is 7.17. The fraction of sp³-hybridized carbons (Fsp3) is 0.421. The minimum absolute atomic E-state index is 0.141. The van der Waals surface area contributed by atoms with E-state index in [2.05, 4.69) is 5.32 Å². The van der Waals surface area contributed by atoms with Gasteiger partial charge in [-0.3, -0.25) is 9.69 Å². The Morgan fingerprint density at radius 3 is 2.64 bits per heavy atom. The van der Waals surface area contributed by atoms with E-state index in [0.717, 1.165) is 10.4 Å². The summed E-state index contributed by atoms with van der Waals surface area (Å²) >= 11 is 1.32. The SMILES string of the molecule is CCN(CCNC(=O)c1ccc(-c2ccc3c(c2)OCCO3)s1)CC(F)(F)F. The Bertz CT molecular complexity index is 823. The van der Waals surface area contributed by atoms with Gasteiger partial charge < -0.3 is 14.8 Å². The van der Waals surface area contributed by atoms with Gasteiger partial charge in [-0.2, -0.15) is 13.2 Å². The van der Waals surface area contributed by atoms with Gasteiger partial charge in [0.05, 0.1) is 11.4 Å². The summed E-state index contributed by atoms with van der Waals surface area (Å²) in [6.07, 6.45) is -4.24. The third-order valence-electron chi connectivity index (χ3n) is 4.22. The zero-order valence-corrected chi connectivity index (χ0v) is 16.2. The highest BCUT2D eigenvalue weighted by atomic mass is 32.1. The molecule has 3 rings (SSSR count). The second kappa shape index (κ2) is 8.83. The van der Waals surface area contributed by atoms with Gasteiger partial charge in [0.2, 0.25) is 0 Å². The molecule has 0 fully saturated rings. The number of thiophene rings is 1. The van der Waals surface area contributed by atoms with Crippen LogP contribution in [-0.4, -0.2) is 56.4 Å². The maximum atomic E-state index is 12.5. The molecule has 1 amide bonds. The lowest BCUT2D eigenvalue weighted by molar-refractivity contribution is -0.145. The van der Waals surface area contributed by atoms with Crippen molar-refractivity contribution < 1.29 is 27.4 Å². The van der Waals surface area contributed by atoms with Crippen molar-refractivity contribution in [2.24, 2.45) is 0 Å². The van der Waals surface area contributed by atoms with Crippen LogP contribution in [0.4, 0.5) is 13.2 Å². The van der Waals surface area contributed by atoms with E-state index in [0.29, 0.717) is 29.6 Å². The average Bonchev–Trinajstić information content (AvgIpc) is 3.16. The molecule has 152 valence electrons. The summed E-state index contributed by atoms with van der Waals surface area (Å²) in [7, 11) is 0. The summed E-state index contributed by atoms with van der Waals surface area (Å²) < 4.78 is 48.5. The van der Waals surface area contributed by atoms with Crippen LogP contribution in [0, 0.1) is 0 Å². The second-order valence-electron chi connectivity index (χ2n) is 6.26. The van der Waals surface area contributed by atoms with Crippen LogP contribution < -0.4 is 14.8 Å². The molecule has 9 heteroatoms. The molecular weight excluding hydrogens is 393 g/mol. The number of halogens is 3. The second-order valence-corrected chi connectivity index (χ2v) is 7.35. The number of alkyl halides is 3. The van der Waals surface area contributed by atoms with Gasteiger partial charge in [-0.05, 0) is 42.4 Å². The van der Waals surface area contributed by atoms with Crippen LogP contribution in [0.2, 0.25) is 0 Å². The van der Waals surface area contributed by atoms with Gasteiger partial charge in [-0.1, -0.05) is 6.92 Å². The lowest BCUT2D eigenvalue weighted by Gasteiger charge is -2.21. The van der Waals surface area contributed by atoms with Gasteiger partial charge >= 0.3 is 6.18 Å². The highest BCUT2D eigenvalue weighted by Gasteiger charge is 2.29. The molecular formula is C19H21F3N2O3S. The summed E-state index contributed by atoms with van der Waals surface area (Å²) in [4.78, 5) is 14.9. The molecule has 2 heterocycles. The number of fused-ring (bicyclic) bond motifs is 1. The van der Waals surface area contributed by atoms with Crippen LogP contribution in [0.25, 0.3) is 10.4 Å². The summed E-state index contributed by atoms with van der Waals surface area (Å²) in [6, 6.07) is 9.16. The van der Waals surface area contributed by atoms with E-state index in [1.165, 1.54) is 16.2 Å². The number of carbonyl (C=O) groups excluding carboxylic acids is 1. The van der Waals surface area contributed by atoms with Crippen molar-refractivity contribution in [3.63, 3.8) is 0 Å². The molecule has 0 bridgehead atoms. The molecule has 0 saturated carbocycles. The molecule has 0 aliphatic carbocycles. The highest BCUT2D eigenvalue weighted by Crippen LogP contribution is 2.36. The minimum Gasteiger partial charge on any atom is -0.486 e. The minimum atomic E-state index is -4.24. The standard InChI is InChI=1S/C19H21F3N2O3S/c1-2-24(12-19(20,21)22)8-7-23-18(25)17-6-5-16(28-17)13-3-4-14-15(11-13)27-10-9-26-14/h3-6,11H,2,7-10,12H2,1H3,(H,23,25). The smallest absolute Gasteiger partial charge is 0.401 e. The van der Waals surface area contributed by atoms with E-state index in [4.69, 9.17) is 9.47 Å². The number of nitrogens with one attached hydrogen (secondary N) is 1. The maximum Gasteiger partial charge on any atom is 0.401 e. The molecule has 1 N–H and O–H groups in total. The van der Waals surface area contributed by atoms with Crippen molar-refractivity contribution in [1.82, 2.24) is 10.2 Å². The quantitative estimate of drug-likeness (QED) is 0.749. The molecule has 0 saturated heterocycles. The number of hydrogen-bond donors (Lipinski definition) is 1. The summed E-state index contributed by atoms with van der Waals surface area (Å²) in [6.45, 7) is 2.26. The third-order valence-corrected chi connectivity index (χ3v) is 5.35. The summed E-state index contributed by atoms with van der Waals surface area (Å²) in [5.74, 6) is 1.08. The zero-order valence-electron chi connectivity index (χ0n) is 15.3. The zero-order chi connectivity index (χ0) is 20.1. The van der Waals surface area contributed by atoms with Crippen LogP contribution in [0.1, 0.15) is 16.6 Å². The molecule has 1 aliphatic heterocycles. The van der Waals surface area contributed by atoms with Gasteiger partial charge in [0, 0.05) is 18.0 Å². The molecule has 1 aromatic carbocycles. The lowest BCUT2D eigenvalue weighted by Crippen LogP contribution is -2.39. The van der Waals surface area contributed by atoms with Crippen molar-refractivity contribution in [1.29, 1.82) is 0 Å². The molecule has 1 aromatic heterocycles. The largest absolute Gasteiger partial charge is 0.486 e. The van der Waals surface area contributed by atoms with Gasteiger partial charge in [0.1, 0.15) is 13.2 Å². The first kappa shape index (κ1) is 20.5. The van der Waals surface area contributed by atoms with E-state index in [-0.39, 0.29) is 25.5 Å². The van der Waals surface area contributed by atoms with E-state index in [1.54, 1.807) is 13.0 Å². The first-order valence-corrected chi connectivity index (χ1v) is 9.74. The fourth-order valence-corrected chi connectivity index (χ4v) is 3.75. The molecule has 5 nitrogen and oxygen atoms in total. The average molecular weight is 414 g/mol. The molecule has 0 spiro atoms.